The Balaban J connectivity index is 1.13. The quantitative estimate of drug-likeness (QED) is 0.516. The molecule has 0 radical (unpaired) electrons. The third-order valence-corrected chi connectivity index (χ3v) is 10.9. The molecule has 2 aliphatic heterocycles. The molecule has 1 unspecified atom stereocenters. The lowest BCUT2D eigenvalue weighted by molar-refractivity contribution is 0.503. The van der Waals surface area contributed by atoms with Crippen LogP contribution in [0.3, 0.4) is 0 Å². The molecule has 1 spiro atoms. The van der Waals surface area contributed by atoms with Gasteiger partial charge < -0.3 is 4.90 Å². The number of hydrogen-bond acceptors (Lipinski definition) is 7. The molecule has 12 heteroatoms. The molecular formula is C22H26N6O4S2. The van der Waals surface area contributed by atoms with E-state index in [1.807, 2.05) is 36.1 Å². The molecule has 1 aliphatic carbocycles. The number of sulfonamides is 2. The van der Waals surface area contributed by atoms with Crippen LogP contribution in [-0.2, 0) is 27.1 Å². The van der Waals surface area contributed by atoms with E-state index in [4.69, 9.17) is 4.98 Å². The van der Waals surface area contributed by atoms with Gasteiger partial charge in [-0.05, 0) is 55.7 Å². The van der Waals surface area contributed by atoms with Crippen molar-refractivity contribution in [3.8, 4) is 0 Å². The number of pyridine rings is 1. The molecule has 0 amide bonds. The Bertz CT molecular complexity index is 1490. The van der Waals surface area contributed by atoms with Gasteiger partial charge >= 0.3 is 0 Å². The molecular weight excluding hydrogens is 476 g/mol. The number of rotatable bonds is 6. The van der Waals surface area contributed by atoms with Crippen LogP contribution < -0.4 is 14.3 Å². The van der Waals surface area contributed by atoms with Crippen LogP contribution in [0.5, 0.6) is 0 Å². The first-order valence-corrected chi connectivity index (χ1v) is 14.3. The molecule has 34 heavy (non-hydrogen) atoms. The zero-order valence-corrected chi connectivity index (χ0v) is 20.3. The number of aromatic nitrogens is 3. The molecule has 10 nitrogen and oxygen atoms in total. The molecule has 1 saturated carbocycles. The maximum absolute atomic E-state index is 12.8. The van der Waals surface area contributed by atoms with Gasteiger partial charge in [-0.25, -0.2) is 31.3 Å². The molecule has 3 aromatic rings. The van der Waals surface area contributed by atoms with Crippen LogP contribution >= 0.6 is 0 Å². The Labute approximate surface area is 198 Å². The van der Waals surface area contributed by atoms with Gasteiger partial charge in [0, 0.05) is 50.2 Å². The minimum absolute atomic E-state index is 0.0327. The first-order chi connectivity index (χ1) is 16.1. The second-order valence-electron chi connectivity index (χ2n) is 9.60. The van der Waals surface area contributed by atoms with Crippen molar-refractivity contribution in [3.05, 3.63) is 48.3 Å². The molecule has 3 fully saturated rings. The smallest absolute Gasteiger partial charge is 0.240 e. The zero-order chi connectivity index (χ0) is 23.7. The monoisotopic (exact) mass is 502 g/mol. The lowest BCUT2D eigenvalue weighted by atomic mass is 9.96. The average Bonchev–Trinajstić information content (AvgIpc) is 3.36. The fourth-order valence-corrected chi connectivity index (χ4v) is 7.94. The number of hydrogen-bond donors (Lipinski definition) is 2. The van der Waals surface area contributed by atoms with E-state index in [0.717, 1.165) is 35.5 Å². The van der Waals surface area contributed by atoms with Gasteiger partial charge in [0.2, 0.25) is 20.0 Å². The fraction of sp³-hybridized carbons (Fsp3) is 0.455. The SMILES string of the molecule is Cn1ccc(C2CN(c3ccc4cc(S(=O)(=O)NCC5CC6(CC6)S(=O)(=O)N5)ccc4n3)C2)n1. The Morgan fingerprint density at radius 3 is 2.65 bits per heavy atom. The van der Waals surface area contributed by atoms with E-state index in [2.05, 4.69) is 19.4 Å². The number of benzene rings is 1. The third-order valence-electron chi connectivity index (χ3n) is 7.15. The van der Waals surface area contributed by atoms with Crippen molar-refractivity contribution in [2.75, 3.05) is 24.5 Å². The minimum atomic E-state index is -3.78. The van der Waals surface area contributed by atoms with Crippen LogP contribution in [-0.4, -0.2) is 62.0 Å². The van der Waals surface area contributed by atoms with E-state index in [1.54, 1.807) is 12.1 Å². The number of anilines is 1. The van der Waals surface area contributed by atoms with Crippen LogP contribution in [0.2, 0.25) is 0 Å². The minimum Gasteiger partial charge on any atom is -0.355 e. The third kappa shape index (κ3) is 3.69. The summed E-state index contributed by atoms with van der Waals surface area (Å²) in [6, 6.07) is 10.3. The van der Waals surface area contributed by atoms with Crippen LogP contribution in [0.15, 0.2) is 47.5 Å². The van der Waals surface area contributed by atoms with Crippen LogP contribution in [0.25, 0.3) is 10.9 Å². The highest BCUT2D eigenvalue weighted by Gasteiger charge is 2.60. The van der Waals surface area contributed by atoms with Crippen LogP contribution in [0.4, 0.5) is 5.82 Å². The van der Waals surface area contributed by atoms with Gasteiger partial charge in [-0.2, -0.15) is 5.10 Å². The Morgan fingerprint density at radius 2 is 1.97 bits per heavy atom. The second-order valence-corrected chi connectivity index (χ2v) is 13.5. The standard InChI is InChI=1S/C22H26N6O4S2/c1-27-9-6-20(25-27)16-13-28(14-16)21-5-2-15-10-18(3-4-19(15)24-21)33(29,30)23-12-17-11-22(7-8-22)34(31,32)26-17/h2-6,9-10,16-17,23,26H,7-8,11-14H2,1H3. The first kappa shape index (κ1) is 22.0. The van der Waals surface area contributed by atoms with E-state index < -0.39 is 30.8 Å². The van der Waals surface area contributed by atoms with Crippen molar-refractivity contribution >= 4 is 36.8 Å². The zero-order valence-electron chi connectivity index (χ0n) is 18.7. The van der Waals surface area contributed by atoms with E-state index in [1.165, 1.54) is 6.07 Å². The van der Waals surface area contributed by atoms with E-state index >= 15 is 0 Å². The summed E-state index contributed by atoms with van der Waals surface area (Å²) >= 11 is 0. The summed E-state index contributed by atoms with van der Waals surface area (Å²) in [5, 5.41) is 5.20. The maximum atomic E-state index is 12.8. The van der Waals surface area contributed by atoms with Gasteiger partial charge in [0.25, 0.3) is 0 Å². The lowest BCUT2D eigenvalue weighted by Gasteiger charge is -2.39. The molecule has 2 saturated heterocycles. The molecule has 1 atom stereocenters. The number of fused-ring (bicyclic) bond motifs is 1. The summed E-state index contributed by atoms with van der Waals surface area (Å²) in [4.78, 5) is 7.03. The summed E-state index contributed by atoms with van der Waals surface area (Å²) in [5.41, 5.74) is 1.80. The van der Waals surface area contributed by atoms with Crippen molar-refractivity contribution in [1.29, 1.82) is 0 Å². The molecule has 3 aliphatic rings. The summed E-state index contributed by atoms with van der Waals surface area (Å²) in [5.74, 6) is 1.24. The van der Waals surface area contributed by atoms with Gasteiger partial charge in [0.05, 0.1) is 20.9 Å². The number of aryl methyl sites for hydroxylation is 1. The van der Waals surface area contributed by atoms with Gasteiger partial charge in [-0.1, -0.05) is 0 Å². The van der Waals surface area contributed by atoms with Crippen LogP contribution in [0.1, 0.15) is 30.9 Å². The van der Waals surface area contributed by atoms with Gasteiger partial charge in [0.1, 0.15) is 5.82 Å². The van der Waals surface area contributed by atoms with Crippen molar-refractivity contribution in [3.63, 3.8) is 0 Å². The molecule has 0 bridgehead atoms. The van der Waals surface area contributed by atoms with Crippen molar-refractivity contribution in [2.24, 2.45) is 7.05 Å². The molecule has 2 N–H and O–H groups in total. The average molecular weight is 503 g/mol. The molecule has 180 valence electrons. The Hall–Kier alpha value is -2.54. The predicted molar refractivity (Wildman–Crippen MR) is 128 cm³/mol. The first-order valence-electron chi connectivity index (χ1n) is 11.3. The second kappa shape index (κ2) is 7.48. The van der Waals surface area contributed by atoms with Crippen molar-refractivity contribution in [1.82, 2.24) is 24.2 Å². The molecule has 6 rings (SSSR count). The summed E-state index contributed by atoms with van der Waals surface area (Å²) < 4.78 is 56.4. The highest BCUT2D eigenvalue weighted by molar-refractivity contribution is 7.91. The fourth-order valence-electron chi connectivity index (χ4n) is 4.90. The summed E-state index contributed by atoms with van der Waals surface area (Å²) in [7, 11) is -5.22. The lowest BCUT2D eigenvalue weighted by Crippen LogP contribution is -2.45. The number of nitrogens with one attached hydrogen (secondary N) is 2. The van der Waals surface area contributed by atoms with E-state index in [9.17, 15) is 16.8 Å². The largest absolute Gasteiger partial charge is 0.355 e. The van der Waals surface area contributed by atoms with E-state index in [-0.39, 0.29) is 11.4 Å². The van der Waals surface area contributed by atoms with Crippen molar-refractivity contribution in [2.45, 2.75) is 40.9 Å². The Kier molecular flexibility index (Phi) is 4.83. The molecule has 1 aromatic carbocycles. The maximum Gasteiger partial charge on any atom is 0.240 e. The van der Waals surface area contributed by atoms with Gasteiger partial charge in [-0.3, -0.25) is 4.68 Å². The predicted octanol–water partition coefficient (Wildman–Crippen LogP) is 1.07. The van der Waals surface area contributed by atoms with Gasteiger partial charge in [-0.15, -0.1) is 0 Å². The highest BCUT2D eigenvalue weighted by Crippen LogP contribution is 2.50. The summed E-state index contributed by atoms with van der Waals surface area (Å²) in [6.07, 6.45) is 3.68. The van der Waals surface area contributed by atoms with E-state index in [0.29, 0.717) is 25.2 Å². The molecule has 2 aromatic heterocycles. The topological polar surface area (TPSA) is 126 Å². The molecule has 4 heterocycles. The van der Waals surface area contributed by atoms with Gasteiger partial charge in [0.15, 0.2) is 0 Å². The normalized spacial score (nSPS) is 23.4. The Morgan fingerprint density at radius 1 is 1.18 bits per heavy atom. The summed E-state index contributed by atoms with van der Waals surface area (Å²) in [6.45, 7) is 1.72. The highest BCUT2D eigenvalue weighted by atomic mass is 32.2. The number of nitrogens with zero attached hydrogens (tertiary/aromatic N) is 4. The van der Waals surface area contributed by atoms with Crippen molar-refractivity contribution < 1.29 is 16.8 Å². The van der Waals surface area contributed by atoms with Crippen LogP contribution in [0, 0.1) is 0 Å².